The number of hydrogen-bond donors (Lipinski definition) is 3. The van der Waals surface area contributed by atoms with Gasteiger partial charge >= 0.3 is 0 Å². The highest BCUT2D eigenvalue weighted by Gasteiger charge is 2.51. The Morgan fingerprint density at radius 2 is 1.57 bits per heavy atom. The minimum atomic E-state index is -3.67. The molecule has 2 amide bonds. The van der Waals surface area contributed by atoms with E-state index in [1.807, 2.05) is 54.6 Å². The van der Waals surface area contributed by atoms with Crippen LogP contribution in [0.1, 0.15) is 43.4 Å². The molecule has 1 saturated heterocycles. The summed E-state index contributed by atoms with van der Waals surface area (Å²) < 4.78 is 58.7. The number of sulfonamides is 1. The van der Waals surface area contributed by atoms with E-state index in [4.69, 9.17) is 15.0 Å². The van der Waals surface area contributed by atoms with Gasteiger partial charge in [-0.2, -0.15) is 12.7 Å². The van der Waals surface area contributed by atoms with E-state index >= 15 is 0 Å². The summed E-state index contributed by atoms with van der Waals surface area (Å²) in [6.45, 7) is 4.51. The first-order valence-corrected chi connectivity index (χ1v) is 17.1. The Morgan fingerprint density at radius 1 is 1.02 bits per heavy atom. The molecule has 4 rings (SSSR count). The molecular weight excluding hydrogens is 584 g/mol. The van der Waals surface area contributed by atoms with Crippen LogP contribution in [0.15, 0.2) is 54.6 Å². The van der Waals surface area contributed by atoms with Gasteiger partial charge in [-0.05, 0) is 43.4 Å². The van der Waals surface area contributed by atoms with Crippen molar-refractivity contribution in [3.63, 3.8) is 0 Å². The van der Waals surface area contributed by atoms with Crippen molar-refractivity contribution in [3.05, 3.63) is 71.3 Å². The minimum absolute atomic E-state index is 0.00448. The van der Waals surface area contributed by atoms with Gasteiger partial charge in [0.25, 0.3) is 10.1 Å². The quantitative estimate of drug-likeness (QED) is 0.365. The van der Waals surface area contributed by atoms with Crippen LogP contribution in [0.4, 0.5) is 0 Å². The van der Waals surface area contributed by atoms with Gasteiger partial charge in [-0.15, -0.1) is 0 Å². The highest BCUT2D eigenvalue weighted by atomic mass is 32.2. The van der Waals surface area contributed by atoms with E-state index in [2.05, 4.69) is 5.32 Å². The first-order valence-electron chi connectivity index (χ1n) is 13.4. The minimum Gasteiger partial charge on any atom is -0.374 e. The number of piperidine rings is 1. The van der Waals surface area contributed by atoms with Crippen LogP contribution in [-0.2, 0) is 53.2 Å². The number of nitrogens with two attached hydrogens (primary N) is 1. The molecule has 42 heavy (non-hydrogen) atoms. The highest BCUT2D eigenvalue weighted by molar-refractivity contribution is 7.88. The van der Waals surface area contributed by atoms with Gasteiger partial charge in [-0.25, -0.2) is 8.42 Å². The van der Waals surface area contributed by atoms with Crippen molar-refractivity contribution in [2.75, 3.05) is 32.2 Å². The maximum absolute atomic E-state index is 13.6. The summed E-state index contributed by atoms with van der Waals surface area (Å²) in [5.41, 5.74) is 7.09. The number of ether oxygens (including phenoxy) is 1. The average molecular weight is 625 g/mol. The lowest BCUT2D eigenvalue weighted by Crippen LogP contribution is -2.60. The van der Waals surface area contributed by atoms with Gasteiger partial charge in [0.15, 0.2) is 0 Å². The van der Waals surface area contributed by atoms with Gasteiger partial charge in [0.1, 0.15) is 6.04 Å². The third-order valence-electron chi connectivity index (χ3n) is 7.20. The zero-order chi connectivity index (χ0) is 31.3. The Labute approximate surface area is 248 Å². The lowest BCUT2D eigenvalue weighted by atomic mass is 9.81. The number of hydrogen-bond acceptors (Lipinski definition) is 8. The molecular formula is C28H40N4O8S2. The van der Waals surface area contributed by atoms with Crippen LogP contribution in [0.2, 0.25) is 0 Å². The fourth-order valence-electron chi connectivity index (χ4n) is 5.21. The molecule has 2 aliphatic heterocycles. The largest absolute Gasteiger partial charge is 0.374 e. The molecule has 0 saturated carbocycles. The zero-order valence-corrected chi connectivity index (χ0v) is 25.9. The van der Waals surface area contributed by atoms with Gasteiger partial charge in [-0.1, -0.05) is 54.6 Å². The summed E-state index contributed by atoms with van der Waals surface area (Å²) in [6, 6.07) is 16.5. The number of nitrogens with zero attached hydrogens (tertiary/aromatic N) is 2. The Hall–Kier alpha value is -2.88. The molecule has 2 aliphatic rings. The third-order valence-corrected chi connectivity index (χ3v) is 8.48. The predicted octanol–water partition coefficient (Wildman–Crippen LogP) is 1.22. The standard InChI is InChI=1S/C27H36N4O5S.CH4O3S/c1-26(2,28)25(33)29-23(19-36-18-20-9-5-4-6-10-20)24(32)30-15-13-27(14-16-30)22-12-8-7-11-21(22)17-31(27)37(3,34)35;1-5(2,3)4/h4-12,23H,13-19,28H2,1-3H3,(H,29,33);1H3,(H,2,3,4)/t23-;/m1./s1. The first-order chi connectivity index (χ1) is 19.4. The fourth-order valence-corrected chi connectivity index (χ4v) is 6.50. The maximum Gasteiger partial charge on any atom is 0.261 e. The monoisotopic (exact) mass is 624 g/mol. The second-order valence-corrected chi connectivity index (χ2v) is 14.6. The average Bonchev–Trinajstić information content (AvgIpc) is 3.21. The summed E-state index contributed by atoms with van der Waals surface area (Å²) in [7, 11) is -7.13. The number of nitrogens with one attached hydrogen (secondary N) is 1. The fraction of sp³-hybridized carbons (Fsp3) is 0.500. The topological polar surface area (TPSA) is 176 Å². The summed E-state index contributed by atoms with van der Waals surface area (Å²) in [5, 5.41) is 2.76. The Balaban J connectivity index is 0.000000892. The van der Waals surface area contributed by atoms with Crippen molar-refractivity contribution in [2.24, 2.45) is 5.73 Å². The molecule has 0 radical (unpaired) electrons. The van der Waals surface area contributed by atoms with E-state index in [0.29, 0.717) is 45.3 Å². The number of likely N-dealkylation sites (tertiary alicyclic amines) is 1. The van der Waals surface area contributed by atoms with Crippen LogP contribution in [-0.4, -0.2) is 86.2 Å². The van der Waals surface area contributed by atoms with Gasteiger partial charge in [0.2, 0.25) is 21.8 Å². The molecule has 232 valence electrons. The van der Waals surface area contributed by atoms with Gasteiger partial charge in [0.05, 0.1) is 36.8 Å². The third kappa shape index (κ3) is 8.82. The van der Waals surface area contributed by atoms with Crippen molar-refractivity contribution in [1.82, 2.24) is 14.5 Å². The highest BCUT2D eigenvalue weighted by Crippen LogP contribution is 2.47. The van der Waals surface area contributed by atoms with E-state index in [1.165, 1.54) is 6.26 Å². The molecule has 1 spiro atoms. The lowest BCUT2D eigenvalue weighted by Gasteiger charge is -2.45. The van der Waals surface area contributed by atoms with E-state index in [9.17, 15) is 26.4 Å². The van der Waals surface area contributed by atoms with Crippen molar-refractivity contribution < 1.29 is 35.7 Å². The Kier molecular flexibility index (Phi) is 10.6. The molecule has 1 fully saturated rings. The van der Waals surface area contributed by atoms with Crippen molar-refractivity contribution in [1.29, 1.82) is 0 Å². The summed E-state index contributed by atoms with van der Waals surface area (Å²) in [4.78, 5) is 27.9. The number of benzene rings is 2. The van der Waals surface area contributed by atoms with Crippen LogP contribution >= 0.6 is 0 Å². The number of rotatable bonds is 8. The number of carbonyl (C=O) groups is 2. The molecule has 0 bridgehead atoms. The van der Waals surface area contributed by atoms with E-state index in [-0.39, 0.29) is 12.5 Å². The van der Waals surface area contributed by atoms with Crippen LogP contribution in [0.3, 0.4) is 0 Å². The Morgan fingerprint density at radius 3 is 2.12 bits per heavy atom. The number of carbonyl (C=O) groups excluding carboxylic acids is 2. The molecule has 1 atom stereocenters. The first kappa shape index (κ1) is 33.6. The molecule has 0 aliphatic carbocycles. The maximum atomic E-state index is 13.6. The van der Waals surface area contributed by atoms with Crippen molar-refractivity contribution >= 4 is 32.0 Å². The summed E-state index contributed by atoms with van der Waals surface area (Å²) in [6.07, 6.45) is 2.89. The van der Waals surface area contributed by atoms with Crippen LogP contribution < -0.4 is 11.1 Å². The summed E-state index contributed by atoms with van der Waals surface area (Å²) >= 11 is 0. The molecule has 0 aromatic heterocycles. The van der Waals surface area contributed by atoms with E-state index in [1.54, 1.807) is 23.1 Å². The molecule has 0 unspecified atom stereocenters. The van der Waals surface area contributed by atoms with Crippen molar-refractivity contribution in [3.8, 4) is 0 Å². The van der Waals surface area contributed by atoms with Crippen molar-refractivity contribution in [2.45, 2.75) is 57.0 Å². The smallest absolute Gasteiger partial charge is 0.261 e. The zero-order valence-electron chi connectivity index (χ0n) is 24.3. The van der Waals surface area contributed by atoms with Gasteiger partial charge in [-0.3, -0.25) is 14.1 Å². The SMILES string of the molecule is CC(C)(N)C(=O)N[C@H](COCc1ccccc1)C(=O)N1CCC2(CC1)c1ccccc1CN2S(C)(=O)=O.CS(=O)(=O)O. The number of fused-ring (bicyclic) bond motifs is 2. The molecule has 2 aromatic rings. The van der Waals surface area contributed by atoms with Gasteiger partial charge < -0.3 is 20.7 Å². The predicted molar refractivity (Wildman–Crippen MR) is 158 cm³/mol. The Bertz CT molecular complexity index is 1460. The van der Waals surface area contributed by atoms with E-state index < -0.39 is 43.2 Å². The molecule has 2 aromatic carbocycles. The summed E-state index contributed by atoms with van der Waals surface area (Å²) in [5.74, 6) is -0.715. The van der Waals surface area contributed by atoms with Crippen LogP contribution in [0, 0.1) is 0 Å². The number of amides is 2. The molecule has 2 heterocycles. The van der Waals surface area contributed by atoms with Crippen LogP contribution in [0.5, 0.6) is 0 Å². The lowest BCUT2D eigenvalue weighted by molar-refractivity contribution is -0.141. The van der Waals surface area contributed by atoms with E-state index in [0.717, 1.165) is 16.7 Å². The molecule has 4 N–H and O–H groups in total. The molecule has 12 nitrogen and oxygen atoms in total. The molecule has 14 heteroatoms. The normalized spacial score (nSPS) is 17.6. The second-order valence-electron chi connectivity index (χ2n) is 11.3. The van der Waals surface area contributed by atoms with Gasteiger partial charge in [0, 0.05) is 19.6 Å². The second kappa shape index (κ2) is 13.2. The van der Waals surface area contributed by atoms with Crippen LogP contribution in [0.25, 0.3) is 0 Å².